The molecule has 1 heterocycles. The lowest BCUT2D eigenvalue weighted by atomic mass is 10.3. The molecule has 0 spiro atoms. The van der Waals surface area contributed by atoms with Crippen molar-refractivity contribution in [3.05, 3.63) is 21.1 Å². The van der Waals surface area contributed by atoms with Crippen LogP contribution in [0.2, 0.25) is 0 Å². The van der Waals surface area contributed by atoms with Gasteiger partial charge in [-0.3, -0.25) is 0 Å². The molecule has 0 unspecified atom stereocenters. The predicted molar refractivity (Wildman–Crippen MR) is 88.0 cm³/mol. The van der Waals surface area contributed by atoms with Gasteiger partial charge in [-0.2, -0.15) is 0 Å². The number of nitrogens with one attached hydrogen (secondary N) is 1. The van der Waals surface area contributed by atoms with Crippen molar-refractivity contribution in [3.63, 3.8) is 0 Å². The molecule has 1 aliphatic heterocycles. The van der Waals surface area contributed by atoms with Crippen LogP contribution in [0.1, 0.15) is 0 Å². The van der Waals surface area contributed by atoms with E-state index < -0.39 is 18.0 Å². The molecule has 0 bridgehead atoms. The van der Waals surface area contributed by atoms with Gasteiger partial charge in [0.05, 0.1) is 23.1 Å². The largest absolute Gasteiger partial charge is 0.495 e. The highest BCUT2D eigenvalue weighted by Crippen LogP contribution is 2.35. The normalized spacial score (nSPS) is 17.7. The number of carbonyl (C=O) groups is 2. The Kier molecular flexibility index (Phi) is 5.39. The molecule has 0 saturated carbocycles. The second kappa shape index (κ2) is 6.89. The van der Waals surface area contributed by atoms with E-state index in [1.165, 1.54) is 23.8 Å². The van der Waals surface area contributed by atoms with Crippen LogP contribution in [0.5, 0.6) is 5.75 Å². The number of anilines is 1. The van der Waals surface area contributed by atoms with E-state index in [9.17, 15) is 9.59 Å². The Bertz CT molecular complexity index is 585. The Balaban J connectivity index is 2.18. The SMILES string of the molecule is COc1cc(NC(=O)N2CSC[C@H]2C(=O)O)c(Br)cc1Br. The number of ether oxygens (including phenoxy) is 1. The number of hydrogen-bond acceptors (Lipinski definition) is 4. The molecule has 0 aliphatic carbocycles. The van der Waals surface area contributed by atoms with Gasteiger partial charge in [0, 0.05) is 16.3 Å². The Hall–Kier alpha value is -0.930. The summed E-state index contributed by atoms with van der Waals surface area (Å²) in [7, 11) is 1.52. The molecule has 2 rings (SSSR count). The topological polar surface area (TPSA) is 78.9 Å². The molecule has 21 heavy (non-hydrogen) atoms. The monoisotopic (exact) mass is 438 g/mol. The molecule has 1 fully saturated rings. The molecular formula is C12H12Br2N2O4S. The zero-order valence-electron chi connectivity index (χ0n) is 10.9. The number of carbonyl (C=O) groups excluding carboxylic acids is 1. The smallest absolute Gasteiger partial charge is 0.327 e. The third-order valence-corrected chi connectivity index (χ3v) is 5.20. The Morgan fingerprint density at radius 3 is 2.76 bits per heavy atom. The Morgan fingerprint density at radius 2 is 2.14 bits per heavy atom. The molecular weight excluding hydrogens is 428 g/mol. The lowest BCUT2D eigenvalue weighted by Crippen LogP contribution is -2.44. The fourth-order valence-corrected chi connectivity index (χ4v) is 4.22. The molecule has 0 aromatic heterocycles. The van der Waals surface area contributed by atoms with E-state index in [0.717, 1.165) is 4.47 Å². The number of rotatable bonds is 3. The molecule has 2 N–H and O–H groups in total. The number of methoxy groups -OCH3 is 1. The summed E-state index contributed by atoms with van der Waals surface area (Å²) in [5.74, 6) is 0.323. The molecule has 9 heteroatoms. The maximum absolute atomic E-state index is 12.2. The Morgan fingerprint density at radius 1 is 1.43 bits per heavy atom. The number of nitrogens with zero attached hydrogens (tertiary/aromatic N) is 1. The maximum atomic E-state index is 12.2. The van der Waals surface area contributed by atoms with Crippen molar-refractivity contribution in [2.45, 2.75) is 6.04 Å². The molecule has 114 valence electrons. The summed E-state index contributed by atoms with van der Waals surface area (Å²) in [4.78, 5) is 24.6. The first-order valence-electron chi connectivity index (χ1n) is 5.85. The minimum Gasteiger partial charge on any atom is -0.495 e. The third kappa shape index (κ3) is 3.64. The van der Waals surface area contributed by atoms with Crippen LogP contribution in [-0.4, -0.2) is 46.8 Å². The quantitative estimate of drug-likeness (QED) is 0.755. The van der Waals surface area contributed by atoms with E-state index in [4.69, 9.17) is 9.84 Å². The van der Waals surface area contributed by atoms with E-state index >= 15 is 0 Å². The molecule has 1 aromatic rings. The Labute approximate surface area is 142 Å². The second-order valence-electron chi connectivity index (χ2n) is 4.22. The molecule has 1 aromatic carbocycles. The van der Waals surface area contributed by atoms with Gasteiger partial charge in [0.2, 0.25) is 0 Å². The van der Waals surface area contributed by atoms with Crippen LogP contribution in [0.25, 0.3) is 0 Å². The minimum absolute atomic E-state index is 0.355. The predicted octanol–water partition coefficient (Wildman–Crippen LogP) is 3.21. The van der Waals surface area contributed by atoms with Crippen LogP contribution in [0.15, 0.2) is 21.1 Å². The second-order valence-corrected chi connectivity index (χ2v) is 6.93. The van der Waals surface area contributed by atoms with Gasteiger partial charge in [-0.05, 0) is 37.9 Å². The number of urea groups is 1. The van der Waals surface area contributed by atoms with Crippen molar-refractivity contribution in [2.24, 2.45) is 0 Å². The van der Waals surface area contributed by atoms with Crippen molar-refractivity contribution in [2.75, 3.05) is 24.1 Å². The standard InChI is InChI=1S/C12H12Br2N2O4S/c1-20-10-3-8(6(13)2-7(10)14)15-12(19)16-5-21-4-9(16)11(17)18/h2-3,9H,4-5H2,1H3,(H,15,19)(H,17,18)/t9-/m0/s1. The van der Waals surface area contributed by atoms with E-state index in [0.29, 0.717) is 27.5 Å². The summed E-state index contributed by atoms with van der Waals surface area (Å²) in [6.07, 6.45) is 0. The first-order valence-corrected chi connectivity index (χ1v) is 8.59. The van der Waals surface area contributed by atoms with E-state index in [2.05, 4.69) is 37.2 Å². The van der Waals surface area contributed by atoms with Crippen molar-refractivity contribution in [1.29, 1.82) is 0 Å². The van der Waals surface area contributed by atoms with Gasteiger partial charge in [0.25, 0.3) is 0 Å². The molecule has 1 aliphatic rings. The van der Waals surface area contributed by atoms with Crippen molar-refractivity contribution >= 4 is 61.3 Å². The van der Waals surface area contributed by atoms with Gasteiger partial charge in [-0.1, -0.05) is 0 Å². The van der Waals surface area contributed by atoms with Crippen molar-refractivity contribution in [3.8, 4) is 5.75 Å². The van der Waals surface area contributed by atoms with Crippen LogP contribution in [0.3, 0.4) is 0 Å². The molecule has 6 nitrogen and oxygen atoms in total. The number of thioether (sulfide) groups is 1. The average molecular weight is 440 g/mol. The highest BCUT2D eigenvalue weighted by atomic mass is 79.9. The van der Waals surface area contributed by atoms with Crippen LogP contribution < -0.4 is 10.1 Å². The first-order chi connectivity index (χ1) is 9.93. The molecule has 1 atom stereocenters. The highest BCUT2D eigenvalue weighted by molar-refractivity contribution is 9.11. The summed E-state index contributed by atoms with van der Waals surface area (Å²) >= 11 is 8.11. The fraction of sp³-hybridized carbons (Fsp3) is 0.333. The van der Waals surface area contributed by atoms with Gasteiger partial charge >= 0.3 is 12.0 Å². The van der Waals surface area contributed by atoms with Crippen LogP contribution >= 0.6 is 43.6 Å². The summed E-state index contributed by atoms with van der Waals surface area (Å²) in [6.45, 7) is 0. The number of carboxylic acid groups (broad SMARTS) is 1. The maximum Gasteiger partial charge on any atom is 0.327 e. The molecule has 1 saturated heterocycles. The van der Waals surface area contributed by atoms with Gasteiger partial charge in [0.1, 0.15) is 11.8 Å². The lowest BCUT2D eigenvalue weighted by Gasteiger charge is -2.21. The molecule has 2 amide bonds. The number of halogens is 2. The fourth-order valence-electron chi connectivity index (χ4n) is 1.82. The molecule has 0 radical (unpaired) electrons. The van der Waals surface area contributed by atoms with Crippen molar-refractivity contribution < 1.29 is 19.4 Å². The van der Waals surface area contributed by atoms with E-state index in [1.807, 2.05) is 0 Å². The number of benzene rings is 1. The van der Waals surface area contributed by atoms with Crippen LogP contribution in [-0.2, 0) is 4.79 Å². The number of aliphatic carboxylic acids is 1. The summed E-state index contributed by atoms with van der Waals surface area (Å²) in [5.41, 5.74) is 0.515. The summed E-state index contributed by atoms with van der Waals surface area (Å²) < 4.78 is 6.59. The first kappa shape index (κ1) is 16.4. The van der Waals surface area contributed by atoms with Crippen LogP contribution in [0.4, 0.5) is 10.5 Å². The van der Waals surface area contributed by atoms with Crippen LogP contribution in [0, 0.1) is 0 Å². The number of amides is 2. The summed E-state index contributed by atoms with van der Waals surface area (Å²) in [6, 6.07) is 2.16. The number of carboxylic acids is 1. The minimum atomic E-state index is -0.998. The highest BCUT2D eigenvalue weighted by Gasteiger charge is 2.34. The number of hydrogen-bond donors (Lipinski definition) is 2. The van der Waals surface area contributed by atoms with Gasteiger partial charge < -0.3 is 20.1 Å². The van der Waals surface area contributed by atoms with Crippen molar-refractivity contribution in [1.82, 2.24) is 4.90 Å². The van der Waals surface area contributed by atoms with Gasteiger partial charge in [-0.15, -0.1) is 11.8 Å². The average Bonchev–Trinajstić information content (AvgIpc) is 2.91. The van der Waals surface area contributed by atoms with E-state index in [1.54, 1.807) is 12.1 Å². The lowest BCUT2D eigenvalue weighted by molar-refractivity contribution is -0.140. The van der Waals surface area contributed by atoms with Gasteiger partial charge in [-0.25, -0.2) is 9.59 Å². The zero-order chi connectivity index (χ0) is 15.6. The third-order valence-electron chi connectivity index (χ3n) is 2.91. The van der Waals surface area contributed by atoms with Gasteiger partial charge in [0.15, 0.2) is 0 Å². The zero-order valence-corrected chi connectivity index (χ0v) is 14.9. The summed E-state index contributed by atoms with van der Waals surface area (Å²) in [5, 5.41) is 11.8. The van der Waals surface area contributed by atoms with E-state index in [-0.39, 0.29) is 0 Å².